The number of nitrogens with two attached hydrogens (primary N) is 1. The Kier molecular flexibility index (Phi) is 11.5. The van der Waals surface area contributed by atoms with E-state index >= 15 is 0 Å². The number of aromatic nitrogens is 2. The number of pyridine rings is 2. The number of hydrogen-bond donors (Lipinski definition) is 2. The van der Waals surface area contributed by atoms with E-state index in [1.54, 1.807) is 12.4 Å². The van der Waals surface area contributed by atoms with Crippen molar-refractivity contribution in [3.63, 3.8) is 0 Å². The molecule has 0 atom stereocenters. The Hall–Kier alpha value is -4.90. The number of Topliss-reactive ketones (excluding diaryl/α,β-unsaturated/α-hetero) is 1. The Morgan fingerprint density at radius 1 is 0.840 bits per heavy atom. The second kappa shape index (κ2) is 15.8. The van der Waals surface area contributed by atoms with Crippen LogP contribution in [0.3, 0.4) is 0 Å². The molecular formula is C40H43N3O6S. The number of aryl methyl sites for hydroxylation is 3. The van der Waals surface area contributed by atoms with Crippen LogP contribution in [0.25, 0.3) is 33.4 Å². The molecule has 1 aliphatic heterocycles. The first-order chi connectivity index (χ1) is 23.7. The lowest BCUT2D eigenvalue weighted by atomic mass is 9.96. The molecule has 3 N–H and O–H groups in total. The standard InChI is InChI=1S/C39H39N3O3.CH4O3S/c1-25-4-8-31(9-5-25)35-23-42(22-29-12-14-45-15-13-29)24-36(38(35)44)37(43)19-28-6-10-30(11-7-28)34-20-33(21-41-39(34)40)32-17-26(2)16-27(3)18-32;1-5(2,3)4/h4-11,16-18,20-21,23-24,29H,12-15,19,22H2,1-3H3,(H2,40,41);1H3,(H,2,3,4). The molecule has 1 aliphatic rings. The molecule has 3 heterocycles. The molecule has 0 unspecified atom stereocenters. The van der Waals surface area contributed by atoms with Gasteiger partial charge in [0, 0.05) is 61.5 Å². The lowest BCUT2D eigenvalue weighted by Crippen LogP contribution is -2.25. The lowest BCUT2D eigenvalue weighted by molar-refractivity contribution is 0.0612. The summed E-state index contributed by atoms with van der Waals surface area (Å²) in [5.74, 6) is 0.698. The number of anilines is 1. The molecule has 50 heavy (non-hydrogen) atoms. The largest absolute Gasteiger partial charge is 0.383 e. The zero-order chi connectivity index (χ0) is 36.0. The van der Waals surface area contributed by atoms with Crippen molar-refractivity contribution in [1.82, 2.24) is 9.55 Å². The fraction of sp³-hybridized carbons (Fsp3) is 0.275. The number of carbonyl (C=O) groups is 1. The Morgan fingerprint density at radius 3 is 2.04 bits per heavy atom. The van der Waals surface area contributed by atoms with Gasteiger partial charge in [0.25, 0.3) is 10.1 Å². The van der Waals surface area contributed by atoms with E-state index in [0.717, 1.165) is 71.5 Å². The molecule has 2 aromatic heterocycles. The van der Waals surface area contributed by atoms with E-state index in [0.29, 0.717) is 23.6 Å². The summed E-state index contributed by atoms with van der Waals surface area (Å²) in [4.78, 5) is 31.9. The average Bonchev–Trinajstić information content (AvgIpc) is 3.06. The van der Waals surface area contributed by atoms with Gasteiger partial charge in [-0.15, -0.1) is 0 Å². The van der Waals surface area contributed by atoms with Gasteiger partial charge in [0.1, 0.15) is 5.82 Å². The van der Waals surface area contributed by atoms with Crippen LogP contribution < -0.4 is 11.2 Å². The number of rotatable bonds is 8. The summed E-state index contributed by atoms with van der Waals surface area (Å²) in [7, 11) is -3.67. The quantitative estimate of drug-likeness (QED) is 0.129. The summed E-state index contributed by atoms with van der Waals surface area (Å²) in [5.41, 5.74) is 15.9. The van der Waals surface area contributed by atoms with Crippen molar-refractivity contribution >= 4 is 21.7 Å². The first-order valence-electron chi connectivity index (χ1n) is 16.5. The maximum atomic E-state index is 13.7. The van der Waals surface area contributed by atoms with E-state index in [1.165, 1.54) is 11.1 Å². The lowest BCUT2D eigenvalue weighted by Gasteiger charge is -2.23. The summed E-state index contributed by atoms with van der Waals surface area (Å²) < 4.78 is 33.4. The predicted octanol–water partition coefficient (Wildman–Crippen LogP) is 7.11. The van der Waals surface area contributed by atoms with Crippen LogP contribution in [0.4, 0.5) is 5.82 Å². The van der Waals surface area contributed by atoms with Gasteiger partial charge in [0.2, 0.25) is 0 Å². The first-order valence-corrected chi connectivity index (χ1v) is 18.4. The van der Waals surface area contributed by atoms with Crippen LogP contribution in [-0.2, 0) is 27.8 Å². The number of ketones is 1. The van der Waals surface area contributed by atoms with Crippen molar-refractivity contribution in [1.29, 1.82) is 0 Å². The Morgan fingerprint density at radius 2 is 1.42 bits per heavy atom. The van der Waals surface area contributed by atoms with E-state index in [9.17, 15) is 18.0 Å². The van der Waals surface area contributed by atoms with Crippen LogP contribution in [0.2, 0.25) is 0 Å². The monoisotopic (exact) mass is 693 g/mol. The Balaban J connectivity index is 0.000000908. The van der Waals surface area contributed by atoms with Crippen molar-refractivity contribution in [3.8, 4) is 33.4 Å². The molecule has 5 aromatic rings. The highest BCUT2D eigenvalue weighted by Gasteiger charge is 2.20. The van der Waals surface area contributed by atoms with Gasteiger partial charge in [-0.25, -0.2) is 4.98 Å². The van der Waals surface area contributed by atoms with Gasteiger partial charge < -0.3 is 15.0 Å². The van der Waals surface area contributed by atoms with Crippen LogP contribution in [0.1, 0.15) is 45.5 Å². The van der Waals surface area contributed by atoms with Gasteiger partial charge >= 0.3 is 0 Å². The molecule has 10 heteroatoms. The van der Waals surface area contributed by atoms with E-state index in [4.69, 9.17) is 15.0 Å². The van der Waals surface area contributed by atoms with Gasteiger partial charge in [-0.2, -0.15) is 8.42 Å². The van der Waals surface area contributed by atoms with Crippen molar-refractivity contribution in [2.24, 2.45) is 5.92 Å². The maximum Gasteiger partial charge on any atom is 0.261 e. The summed E-state index contributed by atoms with van der Waals surface area (Å²) in [6.07, 6.45) is 8.23. The molecule has 1 fully saturated rings. The average molecular weight is 694 g/mol. The van der Waals surface area contributed by atoms with Crippen LogP contribution in [0, 0.1) is 26.7 Å². The van der Waals surface area contributed by atoms with Gasteiger partial charge in [-0.1, -0.05) is 83.4 Å². The highest BCUT2D eigenvalue weighted by Crippen LogP contribution is 2.31. The minimum Gasteiger partial charge on any atom is -0.383 e. The zero-order valence-electron chi connectivity index (χ0n) is 28.8. The molecule has 9 nitrogen and oxygen atoms in total. The number of carbonyl (C=O) groups excluding carboxylic acids is 1. The Bertz CT molecular complexity index is 2120. The highest BCUT2D eigenvalue weighted by molar-refractivity contribution is 7.85. The predicted molar refractivity (Wildman–Crippen MR) is 199 cm³/mol. The van der Waals surface area contributed by atoms with E-state index in [2.05, 4.69) is 43.1 Å². The maximum absolute atomic E-state index is 13.7. The molecule has 1 saturated heterocycles. The molecule has 0 radical (unpaired) electrons. The second-order valence-electron chi connectivity index (χ2n) is 13.1. The molecule has 0 spiro atoms. The minimum atomic E-state index is -3.67. The van der Waals surface area contributed by atoms with Gasteiger partial charge in [0.15, 0.2) is 11.2 Å². The molecule has 260 valence electrons. The third kappa shape index (κ3) is 9.84. The third-order valence-corrected chi connectivity index (χ3v) is 8.66. The van der Waals surface area contributed by atoms with Crippen LogP contribution in [0.15, 0.2) is 96.2 Å². The molecule has 0 amide bonds. The number of benzene rings is 3. The molecule has 0 bridgehead atoms. The highest BCUT2D eigenvalue weighted by atomic mass is 32.2. The van der Waals surface area contributed by atoms with Crippen LogP contribution in [-0.4, -0.2) is 47.8 Å². The molecule has 6 rings (SSSR count). The number of nitrogen functional groups attached to an aromatic ring is 1. The number of ether oxygens (including phenoxy) is 1. The molecule has 0 aliphatic carbocycles. The fourth-order valence-corrected chi connectivity index (χ4v) is 6.19. The van der Waals surface area contributed by atoms with Gasteiger partial charge in [0.05, 0.1) is 11.8 Å². The summed E-state index contributed by atoms with van der Waals surface area (Å²) in [6.45, 7) is 8.42. The summed E-state index contributed by atoms with van der Waals surface area (Å²) >= 11 is 0. The van der Waals surface area contributed by atoms with Crippen molar-refractivity contribution in [2.45, 2.75) is 46.6 Å². The fourth-order valence-electron chi connectivity index (χ4n) is 6.19. The number of hydrogen-bond acceptors (Lipinski definition) is 7. The van der Waals surface area contributed by atoms with E-state index in [-0.39, 0.29) is 23.2 Å². The zero-order valence-corrected chi connectivity index (χ0v) is 29.7. The van der Waals surface area contributed by atoms with Gasteiger partial charge in [-0.05, 0) is 67.9 Å². The minimum absolute atomic E-state index is 0.125. The van der Waals surface area contributed by atoms with Gasteiger partial charge in [-0.3, -0.25) is 14.1 Å². The van der Waals surface area contributed by atoms with Crippen molar-refractivity contribution in [2.75, 3.05) is 25.2 Å². The normalized spacial score (nSPS) is 13.4. The van der Waals surface area contributed by atoms with E-state index < -0.39 is 10.1 Å². The van der Waals surface area contributed by atoms with Crippen molar-refractivity contribution in [3.05, 3.63) is 129 Å². The molecular weight excluding hydrogens is 651 g/mol. The Labute approximate surface area is 293 Å². The van der Waals surface area contributed by atoms with Crippen LogP contribution in [0.5, 0.6) is 0 Å². The number of nitrogens with zero attached hydrogens (tertiary/aromatic N) is 2. The molecule has 3 aromatic carbocycles. The second-order valence-corrected chi connectivity index (χ2v) is 14.6. The summed E-state index contributed by atoms with van der Waals surface area (Å²) in [6, 6.07) is 24.2. The SMILES string of the molecule is CS(=O)(=O)O.Cc1ccc(-c2cn(CC3CCOCC3)cc(C(=O)Cc3ccc(-c4cc(-c5cc(C)cc(C)c5)cnc4N)cc3)c2=O)cc1. The molecule has 0 saturated carbocycles. The smallest absolute Gasteiger partial charge is 0.261 e. The van der Waals surface area contributed by atoms with Crippen LogP contribution >= 0.6 is 0 Å². The van der Waals surface area contributed by atoms with Crippen molar-refractivity contribution < 1.29 is 22.5 Å². The first kappa shape index (κ1) is 36.4. The van der Waals surface area contributed by atoms with E-state index in [1.807, 2.05) is 66.2 Å². The summed E-state index contributed by atoms with van der Waals surface area (Å²) in [5, 5.41) is 0. The third-order valence-electron chi connectivity index (χ3n) is 8.66. The topological polar surface area (TPSA) is 142 Å².